The van der Waals surface area contributed by atoms with Crippen molar-refractivity contribution >= 4 is 43.7 Å². The van der Waals surface area contributed by atoms with Crippen molar-refractivity contribution in [3.8, 4) is 39.9 Å². The van der Waals surface area contributed by atoms with Crippen LogP contribution in [0.4, 0.5) is 0 Å². The minimum atomic E-state index is -0.488. The summed E-state index contributed by atoms with van der Waals surface area (Å²) < 4.78 is 76.3. The SMILES string of the molecule is [2H]c1c([2H])c([2H])c2c(c1[2H])c1c([2H])c([2H])c([2H])c([2H])c1n2-c1ccc2c(c1)oc1ccc(-c3nc(-c4ccccc4)nc(-c4ccccc4)n3)cc12. The van der Waals surface area contributed by atoms with Gasteiger partial charge < -0.3 is 8.98 Å². The first kappa shape index (κ1) is 17.8. The van der Waals surface area contributed by atoms with Gasteiger partial charge in [0.05, 0.1) is 22.0 Å². The first-order chi connectivity index (χ1) is 25.1. The molecule has 0 amide bonds. The van der Waals surface area contributed by atoms with E-state index in [1.165, 1.54) is 4.57 Å². The number of para-hydroxylation sites is 2. The van der Waals surface area contributed by atoms with Crippen LogP contribution in [0, 0.1) is 0 Å². The second kappa shape index (κ2) is 9.75. The highest BCUT2D eigenvalue weighted by molar-refractivity contribution is 6.10. The van der Waals surface area contributed by atoms with Crippen LogP contribution in [0.5, 0.6) is 0 Å². The Morgan fingerprint density at radius 1 is 0.477 bits per heavy atom. The topological polar surface area (TPSA) is 56.7 Å². The van der Waals surface area contributed by atoms with E-state index >= 15 is 0 Å². The number of aromatic nitrogens is 4. The van der Waals surface area contributed by atoms with Crippen LogP contribution in [-0.2, 0) is 0 Å². The molecule has 0 N–H and O–H groups in total. The van der Waals surface area contributed by atoms with E-state index in [0.717, 1.165) is 27.5 Å². The lowest BCUT2D eigenvalue weighted by atomic mass is 10.1. The maximum atomic E-state index is 8.83. The summed E-state index contributed by atoms with van der Waals surface area (Å²) in [5.41, 5.74) is 3.99. The van der Waals surface area contributed by atoms with Gasteiger partial charge in [-0.25, -0.2) is 15.0 Å². The summed E-state index contributed by atoms with van der Waals surface area (Å²) in [4.78, 5) is 14.5. The van der Waals surface area contributed by atoms with E-state index in [1.807, 2.05) is 84.9 Å². The standard InChI is InChI=1S/C39H24N4O/c1-3-11-25(12-4-1)37-40-38(26-13-5-2-6-14-26)42-39(41-37)27-19-22-35-32(23-27)31-21-20-28(24-36(31)44-35)43-33-17-9-7-15-29(33)30-16-8-10-18-34(30)43/h1-24H/i7D,8D,9D,10D,15D,16D,17D,18D. The smallest absolute Gasteiger partial charge is 0.164 e. The van der Waals surface area contributed by atoms with Gasteiger partial charge in [0, 0.05) is 50.0 Å². The minimum Gasteiger partial charge on any atom is -0.456 e. The molecule has 0 spiro atoms. The van der Waals surface area contributed by atoms with Gasteiger partial charge in [0.1, 0.15) is 11.2 Å². The summed E-state index contributed by atoms with van der Waals surface area (Å²) in [5, 5.41) is 1.58. The maximum Gasteiger partial charge on any atom is 0.164 e. The zero-order valence-electron chi connectivity index (χ0n) is 30.9. The molecule has 3 aromatic heterocycles. The summed E-state index contributed by atoms with van der Waals surface area (Å²) in [6, 6.07) is 26.9. The van der Waals surface area contributed by atoms with Gasteiger partial charge in [-0.1, -0.05) is 96.9 Å². The number of nitrogens with zero attached hydrogens (tertiary/aromatic N) is 4. The monoisotopic (exact) mass is 572 g/mol. The molecule has 44 heavy (non-hydrogen) atoms. The fourth-order valence-electron chi connectivity index (χ4n) is 5.66. The summed E-state index contributed by atoms with van der Waals surface area (Å²) in [6.07, 6.45) is 0. The van der Waals surface area contributed by atoms with Crippen LogP contribution in [0.2, 0.25) is 0 Å². The molecule has 0 aliphatic rings. The molecule has 0 unspecified atom stereocenters. The molecule has 0 aliphatic heterocycles. The quantitative estimate of drug-likeness (QED) is 0.211. The third kappa shape index (κ3) is 3.91. The van der Waals surface area contributed by atoms with Crippen molar-refractivity contribution in [1.29, 1.82) is 0 Å². The van der Waals surface area contributed by atoms with E-state index in [2.05, 4.69) is 0 Å². The molecule has 0 fully saturated rings. The number of hydrogen-bond acceptors (Lipinski definition) is 4. The van der Waals surface area contributed by atoms with Crippen molar-refractivity contribution in [2.24, 2.45) is 0 Å². The molecule has 0 aliphatic carbocycles. The molecule has 9 aromatic rings. The van der Waals surface area contributed by atoms with Crippen LogP contribution < -0.4 is 0 Å². The predicted molar refractivity (Wildman–Crippen MR) is 178 cm³/mol. The normalized spacial score (nSPS) is 14.2. The van der Waals surface area contributed by atoms with E-state index in [0.29, 0.717) is 34.3 Å². The van der Waals surface area contributed by atoms with Gasteiger partial charge in [-0.3, -0.25) is 0 Å². The molecule has 0 saturated heterocycles. The third-order valence-electron chi connectivity index (χ3n) is 7.70. The molecule has 5 nitrogen and oxygen atoms in total. The Bertz CT molecular complexity index is 2810. The molecule has 0 bridgehead atoms. The Kier molecular flexibility index (Phi) is 3.94. The molecule has 206 valence electrons. The molecular weight excluding hydrogens is 540 g/mol. The van der Waals surface area contributed by atoms with Crippen LogP contribution in [0.25, 0.3) is 83.6 Å². The van der Waals surface area contributed by atoms with Crippen LogP contribution in [0.1, 0.15) is 11.0 Å². The van der Waals surface area contributed by atoms with Gasteiger partial charge in [0.25, 0.3) is 0 Å². The van der Waals surface area contributed by atoms with E-state index < -0.39 is 24.2 Å². The molecule has 9 rings (SSSR count). The summed E-state index contributed by atoms with van der Waals surface area (Å²) in [6.45, 7) is 0. The highest BCUT2D eigenvalue weighted by Gasteiger charge is 2.16. The van der Waals surface area contributed by atoms with E-state index in [-0.39, 0.29) is 46.0 Å². The molecule has 3 heterocycles. The van der Waals surface area contributed by atoms with Crippen molar-refractivity contribution < 1.29 is 15.4 Å². The Hall–Kier alpha value is -6.07. The zero-order chi connectivity index (χ0) is 36.0. The first-order valence-electron chi connectivity index (χ1n) is 18.0. The van der Waals surface area contributed by atoms with Crippen LogP contribution in [0.15, 0.2) is 150 Å². The number of rotatable bonds is 4. The van der Waals surface area contributed by atoms with E-state index in [1.54, 1.807) is 12.1 Å². The van der Waals surface area contributed by atoms with Crippen LogP contribution in [-0.4, -0.2) is 19.5 Å². The van der Waals surface area contributed by atoms with Crippen molar-refractivity contribution in [3.63, 3.8) is 0 Å². The molecule has 0 radical (unpaired) electrons. The summed E-state index contributed by atoms with van der Waals surface area (Å²) in [5.74, 6) is 1.55. The summed E-state index contributed by atoms with van der Waals surface area (Å²) >= 11 is 0. The van der Waals surface area contributed by atoms with Gasteiger partial charge in [-0.05, 0) is 42.4 Å². The fraction of sp³-hybridized carbons (Fsp3) is 0. The molecule has 6 aromatic carbocycles. The summed E-state index contributed by atoms with van der Waals surface area (Å²) in [7, 11) is 0. The van der Waals surface area contributed by atoms with Gasteiger partial charge in [0.2, 0.25) is 0 Å². The van der Waals surface area contributed by atoms with Crippen LogP contribution >= 0.6 is 0 Å². The third-order valence-corrected chi connectivity index (χ3v) is 7.70. The Morgan fingerprint density at radius 3 is 1.66 bits per heavy atom. The van der Waals surface area contributed by atoms with E-state index in [4.69, 9.17) is 30.3 Å². The second-order valence-electron chi connectivity index (χ2n) is 10.3. The highest BCUT2D eigenvalue weighted by atomic mass is 16.3. The maximum absolute atomic E-state index is 8.83. The minimum absolute atomic E-state index is 0.0180. The highest BCUT2D eigenvalue weighted by Crippen LogP contribution is 2.36. The van der Waals surface area contributed by atoms with E-state index in [9.17, 15) is 0 Å². The van der Waals surface area contributed by atoms with Crippen molar-refractivity contribution in [1.82, 2.24) is 19.5 Å². The van der Waals surface area contributed by atoms with Crippen molar-refractivity contribution in [2.45, 2.75) is 0 Å². The lowest BCUT2D eigenvalue weighted by Crippen LogP contribution is -2.00. The lowest BCUT2D eigenvalue weighted by molar-refractivity contribution is 0.668. The Morgan fingerprint density at radius 2 is 1.05 bits per heavy atom. The van der Waals surface area contributed by atoms with Gasteiger partial charge in [-0.15, -0.1) is 0 Å². The largest absolute Gasteiger partial charge is 0.456 e. The van der Waals surface area contributed by atoms with Crippen molar-refractivity contribution in [2.75, 3.05) is 0 Å². The Labute approximate surface area is 263 Å². The average Bonchev–Trinajstić information content (AvgIpc) is 3.74. The second-order valence-corrected chi connectivity index (χ2v) is 10.3. The van der Waals surface area contributed by atoms with Crippen molar-refractivity contribution in [3.05, 3.63) is 145 Å². The number of hydrogen-bond donors (Lipinski definition) is 0. The molecule has 0 saturated carbocycles. The Balaban J connectivity index is 1.26. The van der Waals surface area contributed by atoms with Gasteiger partial charge in [-0.2, -0.15) is 0 Å². The molecular formula is C39H24N4O. The number of benzene rings is 6. The fourth-order valence-corrected chi connectivity index (χ4v) is 5.66. The number of fused-ring (bicyclic) bond motifs is 6. The van der Waals surface area contributed by atoms with Crippen LogP contribution in [0.3, 0.4) is 0 Å². The average molecular weight is 573 g/mol. The molecule has 5 heteroatoms. The zero-order valence-corrected chi connectivity index (χ0v) is 22.9. The molecule has 0 atom stereocenters. The lowest BCUT2D eigenvalue weighted by Gasteiger charge is -2.08. The van der Waals surface area contributed by atoms with Gasteiger partial charge >= 0.3 is 0 Å². The van der Waals surface area contributed by atoms with Gasteiger partial charge in [0.15, 0.2) is 17.5 Å². The predicted octanol–water partition coefficient (Wildman–Crippen LogP) is 9.87. The first-order valence-corrected chi connectivity index (χ1v) is 14.0. The number of furan rings is 1.